The summed E-state index contributed by atoms with van der Waals surface area (Å²) in [6.45, 7) is 8.85. The summed E-state index contributed by atoms with van der Waals surface area (Å²) in [7, 11) is 0. The number of imide groups is 1. The van der Waals surface area contributed by atoms with Crippen molar-refractivity contribution >= 4 is 59.3 Å². The molecule has 23 nitrogen and oxygen atoms in total. The fraction of sp³-hybridized carbons (Fsp3) is 0.541. The van der Waals surface area contributed by atoms with Crippen molar-refractivity contribution in [3.63, 3.8) is 0 Å². The first-order valence-corrected chi connectivity index (χ1v) is 29.4. The van der Waals surface area contributed by atoms with Gasteiger partial charge in [0.2, 0.25) is 35.4 Å². The van der Waals surface area contributed by atoms with E-state index in [1.54, 1.807) is 26.1 Å². The summed E-state index contributed by atoms with van der Waals surface area (Å²) in [6, 6.07) is 7.25. The second kappa shape index (κ2) is 33.0. The van der Waals surface area contributed by atoms with Gasteiger partial charge in [-0.15, -0.1) is 0 Å². The van der Waals surface area contributed by atoms with E-state index in [0.29, 0.717) is 62.7 Å². The molecule has 2 aromatic carbocycles. The highest BCUT2D eigenvalue weighted by atomic mass is 19.1. The number of carboxylic acid groups (broad SMARTS) is 1. The molecule has 1 aliphatic carbocycles. The van der Waals surface area contributed by atoms with E-state index in [9.17, 15) is 62.5 Å². The molecule has 2 aliphatic rings. The van der Waals surface area contributed by atoms with Crippen molar-refractivity contribution in [3.8, 4) is 11.1 Å². The van der Waals surface area contributed by atoms with E-state index in [1.165, 1.54) is 17.1 Å². The number of amides is 10. The lowest BCUT2D eigenvalue weighted by atomic mass is 9.82. The lowest BCUT2D eigenvalue weighted by Crippen LogP contribution is -2.57. The molecule has 2 heterocycles. The molecule has 1 aromatic heterocycles. The molecule has 12 N–H and O–H groups in total. The second-order valence-corrected chi connectivity index (χ2v) is 23.4. The fourth-order valence-electron chi connectivity index (χ4n) is 10.8. The number of halogens is 2. The zero-order valence-corrected chi connectivity index (χ0v) is 49.7. The van der Waals surface area contributed by atoms with E-state index < -0.39 is 125 Å². The summed E-state index contributed by atoms with van der Waals surface area (Å²) in [5, 5.41) is 36.5. The van der Waals surface area contributed by atoms with Crippen LogP contribution in [0, 0.1) is 28.9 Å². The number of nitrogens with zero attached hydrogens (tertiary/aromatic N) is 3. The predicted molar refractivity (Wildman–Crippen MR) is 314 cm³/mol. The number of aliphatic hydroxyl groups excluding tert-OH is 1. The lowest BCUT2D eigenvalue weighted by Gasteiger charge is -2.41. The van der Waals surface area contributed by atoms with E-state index in [1.807, 2.05) is 55.7 Å². The highest BCUT2D eigenvalue weighted by Crippen LogP contribution is 2.41. The standard InChI is InChI=1S/C61H85F2N11O12/c1-37(2)53(71-49(76)22-10-7-13-30-73-50(77)25-26-51(73)78)58(83)69-46(21-15-29-67-60(65)86)57(82)70-47(59(84)85)19-11-12-28-66-55(80)41-18-14-20-45(41)68-56(81)44(64)27-31-74(52(79)36-75)54(61(3,4)5)48-32-39(42-33-40(62)23-24-43(42)63)35-72(48)34-38-16-8-6-9-17-38/h6,8-9,16-17,23-26,32-33,35,37,41,44-47,53-54,75H,7,10-15,18-22,27-31,34,36,64H2,1-5H3,(H,66,80)(H,68,81)(H,69,83)(H,70,82)(H,71,76)(H,84,85)(H3,65,67,86)/t41?,44-,45-,46-,47-,53-,54-/m0/s1. The van der Waals surface area contributed by atoms with Gasteiger partial charge in [-0.3, -0.25) is 43.3 Å². The van der Waals surface area contributed by atoms with E-state index >= 15 is 4.39 Å². The van der Waals surface area contributed by atoms with E-state index in [2.05, 4.69) is 31.9 Å². The van der Waals surface area contributed by atoms with Gasteiger partial charge in [-0.05, 0) is 105 Å². The summed E-state index contributed by atoms with van der Waals surface area (Å²) in [5.74, 6) is -7.96. The van der Waals surface area contributed by atoms with Gasteiger partial charge < -0.3 is 63.0 Å². The van der Waals surface area contributed by atoms with Crippen molar-refractivity contribution in [3.05, 3.63) is 95.8 Å². The van der Waals surface area contributed by atoms with Crippen molar-refractivity contribution < 1.29 is 66.9 Å². The first-order valence-electron chi connectivity index (χ1n) is 29.4. The maximum atomic E-state index is 15.2. The minimum absolute atomic E-state index is 0.0233. The van der Waals surface area contributed by atoms with Crippen LogP contribution in [0.15, 0.2) is 72.9 Å². The van der Waals surface area contributed by atoms with Crippen molar-refractivity contribution in [1.29, 1.82) is 0 Å². The van der Waals surface area contributed by atoms with Crippen LogP contribution in [0.5, 0.6) is 0 Å². The van der Waals surface area contributed by atoms with Crippen LogP contribution >= 0.6 is 0 Å². The van der Waals surface area contributed by atoms with Gasteiger partial charge in [-0.25, -0.2) is 18.4 Å². The Hall–Kier alpha value is -8.06. The molecule has 0 saturated heterocycles. The predicted octanol–water partition coefficient (Wildman–Crippen LogP) is 3.81. The van der Waals surface area contributed by atoms with Crippen LogP contribution in [0.4, 0.5) is 13.6 Å². The number of rotatable bonds is 34. The molecule has 25 heteroatoms. The molecule has 1 aliphatic heterocycles. The van der Waals surface area contributed by atoms with Gasteiger partial charge in [-0.2, -0.15) is 0 Å². The third-order valence-corrected chi connectivity index (χ3v) is 15.3. The molecular formula is C61H85F2N11O12. The molecule has 1 saturated carbocycles. The van der Waals surface area contributed by atoms with Crippen LogP contribution in [0.25, 0.3) is 11.1 Å². The minimum atomic E-state index is -1.40. The highest BCUT2D eigenvalue weighted by molar-refractivity contribution is 6.12. The van der Waals surface area contributed by atoms with E-state index in [-0.39, 0.29) is 76.2 Å². The number of carbonyl (C=O) groups is 10. The number of aliphatic hydroxyl groups is 1. The first-order chi connectivity index (χ1) is 40.8. The van der Waals surface area contributed by atoms with Gasteiger partial charge in [0.15, 0.2) is 0 Å². The first kappa shape index (κ1) is 68.7. The summed E-state index contributed by atoms with van der Waals surface area (Å²) >= 11 is 0. The Labute approximate surface area is 500 Å². The minimum Gasteiger partial charge on any atom is -0.480 e. The molecule has 7 atom stereocenters. The van der Waals surface area contributed by atoms with Gasteiger partial charge in [0, 0.05) is 80.4 Å². The molecule has 0 spiro atoms. The zero-order valence-electron chi connectivity index (χ0n) is 49.7. The maximum absolute atomic E-state index is 15.2. The molecule has 0 bridgehead atoms. The number of benzene rings is 2. The molecule has 1 fully saturated rings. The largest absolute Gasteiger partial charge is 0.480 e. The molecule has 470 valence electrons. The van der Waals surface area contributed by atoms with Crippen LogP contribution in [0.1, 0.15) is 135 Å². The van der Waals surface area contributed by atoms with E-state index in [4.69, 9.17) is 11.5 Å². The SMILES string of the molecule is CC(C)[C@H](NC(=O)CCCCCN1C(=O)C=CC1=O)C(=O)N[C@@H](CCCNC(N)=O)C(=O)N[C@@H](CCCCNC(=O)C1CCC[C@@H]1NC(=O)[C@@H](N)CCN(C(=O)CO)[C@@H](c1cc(-c2cc(F)ccc2F)cn1Cc1ccccc1)C(C)(C)C)C(=O)O. The smallest absolute Gasteiger partial charge is 0.326 e. The third kappa shape index (κ3) is 20.6. The number of carboxylic acids is 1. The maximum Gasteiger partial charge on any atom is 0.326 e. The molecular weight excluding hydrogens is 1120 g/mol. The number of hydrogen-bond acceptors (Lipinski definition) is 12. The number of carbonyl (C=O) groups excluding carboxylic acids is 9. The second-order valence-electron chi connectivity index (χ2n) is 23.4. The summed E-state index contributed by atoms with van der Waals surface area (Å²) in [5.41, 5.74) is 12.8. The number of aliphatic carboxylic acids is 1. The lowest BCUT2D eigenvalue weighted by molar-refractivity contribution is -0.142. The molecule has 0 radical (unpaired) electrons. The zero-order chi connectivity index (χ0) is 63.3. The number of hydrogen-bond donors (Lipinski definition) is 10. The molecule has 1 unspecified atom stereocenters. The van der Waals surface area contributed by atoms with Gasteiger partial charge >= 0.3 is 12.0 Å². The Morgan fingerprint density at radius 3 is 2.10 bits per heavy atom. The highest BCUT2D eigenvalue weighted by Gasteiger charge is 2.39. The molecule has 10 amide bonds. The van der Waals surface area contributed by atoms with Crippen molar-refractivity contribution in [1.82, 2.24) is 46.3 Å². The third-order valence-electron chi connectivity index (χ3n) is 15.3. The Morgan fingerprint density at radius 1 is 0.779 bits per heavy atom. The number of nitrogens with two attached hydrogens (primary N) is 2. The van der Waals surface area contributed by atoms with Gasteiger partial charge in [0.25, 0.3) is 11.8 Å². The topological polar surface area (TPSA) is 347 Å². The summed E-state index contributed by atoms with van der Waals surface area (Å²) in [4.78, 5) is 131. The normalized spacial score (nSPS) is 16.7. The van der Waals surface area contributed by atoms with Gasteiger partial charge in [-0.1, -0.05) is 77.8 Å². The van der Waals surface area contributed by atoms with Crippen LogP contribution in [0.3, 0.4) is 0 Å². The van der Waals surface area contributed by atoms with Crippen molar-refractivity contribution in [2.24, 2.45) is 28.7 Å². The average molecular weight is 1200 g/mol. The summed E-state index contributed by atoms with van der Waals surface area (Å²) in [6.07, 6.45) is 7.67. The molecule has 5 rings (SSSR count). The average Bonchev–Trinajstić information content (AvgIpc) is 1.86. The number of nitrogens with one attached hydrogen (secondary N) is 6. The summed E-state index contributed by atoms with van der Waals surface area (Å²) < 4.78 is 31.6. The monoisotopic (exact) mass is 1200 g/mol. The Morgan fingerprint density at radius 2 is 1.45 bits per heavy atom. The number of aromatic nitrogens is 1. The number of primary amides is 1. The van der Waals surface area contributed by atoms with Gasteiger partial charge in [0.05, 0.1) is 18.0 Å². The van der Waals surface area contributed by atoms with Crippen LogP contribution in [0.2, 0.25) is 0 Å². The Bertz CT molecular complexity index is 2880. The molecule has 3 aromatic rings. The van der Waals surface area contributed by atoms with Crippen LogP contribution in [-0.2, 0) is 49.7 Å². The quantitative estimate of drug-likeness (QED) is 0.0301. The number of unbranched alkanes of at least 4 members (excludes halogenated alkanes) is 3. The van der Waals surface area contributed by atoms with Gasteiger partial charge in [0.1, 0.15) is 36.4 Å². The Kier molecular flexibility index (Phi) is 26.4. The Balaban J connectivity index is 1.13. The van der Waals surface area contributed by atoms with Crippen molar-refractivity contribution in [2.45, 2.75) is 161 Å². The fourth-order valence-corrected chi connectivity index (χ4v) is 10.8. The van der Waals surface area contributed by atoms with E-state index in [0.717, 1.165) is 28.7 Å². The van der Waals surface area contributed by atoms with Crippen LogP contribution in [-0.4, -0.2) is 147 Å². The van der Waals surface area contributed by atoms with Crippen molar-refractivity contribution in [2.75, 3.05) is 32.8 Å². The van der Waals surface area contributed by atoms with Crippen LogP contribution < -0.4 is 43.4 Å². The number of urea groups is 1. The molecule has 86 heavy (non-hydrogen) atoms.